The van der Waals surface area contributed by atoms with Crippen molar-refractivity contribution in [2.75, 3.05) is 20.3 Å². The summed E-state index contributed by atoms with van der Waals surface area (Å²) in [5.74, 6) is 0.841. The topological polar surface area (TPSA) is 30.5 Å². The van der Waals surface area contributed by atoms with Gasteiger partial charge >= 0.3 is 0 Å². The summed E-state index contributed by atoms with van der Waals surface area (Å²) < 4.78 is 11.0. The molecule has 2 fully saturated rings. The highest BCUT2D eigenvalue weighted by Crippen LogP contribution is 2.38. The van der Waals surface area contributed by atoms with Crippen LogP contribution in [0.3, 0.4) is 0 Å². The molecule has 82 valence electrons. The molecule has 1 saturated carbocycles. The number of hydrogen-bond donors (Lipinski definition) is 1. The molecule has 1 saturated heterocycles. The summed E-state index contributed by atoms with van der Waals surface area (Å²) in [5.41, 5.74) is 0. The molecule has 0 aromatic heterocycles. The van der Waals surface area contributed by atoms with E-state index in [0.717, 1.165) is 25.5 Å². The third-order valence-corrected chi connectivity index (χ3v) is 3.29. The van der Waals surface area contributed by atoms with Gasteiger partial charge in [0.05, 0.1) is 12.2 Å². The summed E-state index contributed by atoms with van der Waals surface area (Å²) in [4.78, 5) is 0. The molecular weight excluding hydrogens is 178 g/mol. The van der Waals surface area contributed by atoms with Gasteiger partial charge in [0.1, 0.15) is 0 Å². The second-order valence-corrected chi connectivity index (χ2v) is 4.52. The maximum atomic E-state index is 5.75. The molecule has 2 rings (SSSR count). The molecule has 0 aromatic carbocycles. The lowest BCUT2D eigenvalue weighted by molar-refractivity contribution is 0.0729. The Labute approximate surface area is 86.2 Å². The highest BCUT2D eigenvalue weighted by Gasteiger charge is 2.40. The average Bonchev–Trinajstić information content (AvgIpc) is 2.94. The van der Waals surface area contributed by atoms with E-state index in [-0.39, 0.29) is 0 Å². The zero-order valence-corrected chi connectivity index (χ0v) is 9.16. The lowest BCUT2D eigenvalue weighted by Gasteiger charge is -2.21. The molecule has 1 aliphatic heterocycles. The monoisotopic (exact) mass is 199 g/mol. The van der Waals surface area contributed by atoms with Crippen LogP contribution in [0, 0.1) is 5.92 Å². The van der Waals surface area contributed by atoms with Crippen LogP contribution in [0.5, 0.6) is 0 Å². The van der Waals surface area contributed by atoms with Crippen LogP contribution in [0.1, 0.15) is 26.2 Å². The normalized spacial score (nSPS) is 34.7. The molecule has 2 aliphatic rings. The summed E-state index contributed by atoms with van der Waals surface area (Å²) in [7, 11) is 1.76. The van der Waals surface area contributed by atoms with Crippen molar-refractivity contribution in [1.82, 2.24) is 5.32 Å². The van der Waals surface area contributed by atoms with E-state index in [1.807, 2.05) is 0 Å². The van der Waals surface area contributed by atoms with Gasteiger partial charge < -0.3 is 14.8 Å². The van der Waals surface area contributed by atoms with Crippen molar-refractivity contribution < 1.29 is 9.47 Å². The molecular formula is C11H21NO2. The van der Waals surface area contributed by atoms with E-state index >= 15 is 0 Å². The molecule has 0 aromatic rings. The van der Waals surface area contributed by atoms with E-state index in [0.29, 0.717) is 18.2 Å². The Balaban J connectivity index is 1.73. The van der Waals surface area contributed by atoms with Crippen LogP contribution < -0.4 is 5.32 Å². The fourth-order valence-corrected chi connectivity index (χ4v) is 2.12. The number of nitrogens with one attached hydrogen (secondary N) is 1. The van der Waals surface area contributed by atoms with Crippen molar-refractivity contribution in [1.29, 1.82) is 0 Å². The molecule has 1 N–H and O–H groups in total. The Bertz CT molecular complexity index is 182. The van der Waals surface area contributed by atoms with Crippen LogP contribution in [0.15, 0.2) is 0 Å². The van der Waals surface area contributed by atoms with Gasteiger partial charge in [0.2, 0.25) is 0 Å². The summed E-state index contributed by atoms with van der Waals surface area (Å²) >= 11 is 0. The van der Waals surface area contributed by atoms with Gasteiger partial charge in [0, 0.05) is 26.3 Å². The molecule has 3 atom stereocenters. The largest absolute Gasteiger partial charge is 0.380 e. The van der Waals surface area contributed by atoms with Gasteiger partial charge in [0.25, 0.3) is 0 Å². The molecule has 3 unspecified atom stereocenters. The van der Waals surface area contributed by atoms with Gasteiger partial charge in [-0.25, -0.2) is 0 Å². The lowest BCUT2D eigenvalue weighted by Crippen LogP contribution is -2.41. The van der Waals surface area contributed by atoms with Crippen LogP contribution in [0.25, 0.3) is 0 Å². The lowest BCUT2D eigenvalue weighted by atomic mass is 10.1. The second kappa shape index (κ2) is 4.60. The van der Waals surface area contributed by atoms with Gasteiger partial charge in [-0.1, -0.05) is 0 Å². The summed E-state index contributed by atoms with van der Waals surface area (Å²) in [6, 6.07) is 0.570. The first-order valence-electron chi connectivity index (χ1n) is 5.69. The minimum Gasteiger partial charge on any atom is -0.380 e. The van der Waals surface area contributed by atoms with Crippen molar-refractivity contribution in [3.05, 3.63) is 0 Å². The van der Waals surface area contributed by atoms with Crippen molar-refractivity contribution in [3.63, 3.8) is 0 Å². The van der Waals surface area contributed by atoms with Crippen LogP contribution in [-0.4, -0.2) is 38.5 Å². The number of ether oxygens (including phenoxy) is 2. The van der Waals surface area contributed by atoms with E-state index in [4.69, 9.17) is 9.47 Å². The van der Waals surface area contributed by atoms with Gasteiger partial charge in [-0.05, 0) is 32.1 Å². The minimum absolute atomic E-state index is 0.301. The number of methoxy groups -OCH3 is 1. The molecule has 0 spiro atoms. The standard InChI is InChI=1S/C11H21NO2/c1-8(13-2)7-12-10-5-6-14-11(10)9-3-4-9/h8-12H,3-7H2,1-2H3. The molecule has 14 heavy (non-hydrogen) atoms. The van der Waals surface area contributed by atoms with Gasteiger partial charge in [0.15, 0.2) is 0 Å². The minimum atomic E-state index is 0.301. The number of hydrogen-bond acceptors (Lipinski definition) is 3. The van der Waals surface area contributed by atoms with E-state index in [1.54, 1.807) is 7.11 Å². The molecule has 1 aliphatic carbocycles. The number of rotatable bonds is 5. The maximum Gasteiger partial charge on any atom is 0.0756 e. The highest BCUT2D eigenvalue weighted by molar-refractivity contribution is 4.93. The van der Waals surface area contributed by atoms with E-state index in [2.05, 4.69) is 12.2 Å². The first-order chi connectivity index (χ1) is 6.81. The first kappa shape index (κ1) is 10.4. The summed E-state index contributed by atoms with van der Waals surface area (Å²) in [5, 5.41) is 3.55. The Morgan fingerprint density at radius 3 is 2.86 bits per heavy atom. The van der Waals surface area contributed by atoms with Crippen molar-refractivity contribution in [3.8, 4) is 0 Å². The third kappa shape index (κ3) is 2.47. The molecule has 3 heteroatoms. The molecule has 3 nitrogen and oxygen atoms in total. The van der Waals surface area contributed by atoms with Crippen molar-refractivity contribution >= 4 is 0 Å². The molecule has 1 heterocycles. The predicted molar refractivity (Wildman–Crippen MR) is 55.3 cm³/mol. The quantitative estimate of drug-likeness (QED) is 0.721. The second-order valence-electron chi connectivity index (χ2n) is 4.52. The summed E-state index contributed by atoms with van der Waals surface area (Å²) in [6.45, 7) is 3.96. The van der Waals surface area contributed by atoms with Crippen LogP contribution in [0.2, 0.25) is 0 Å². The zero-order chi connectivity index (χ0) is 9.97. The van der Waals surface area contributed by atoms with Gasteiger partial charge in [-0.3, -0.25) is 0 Å². The molecule has 0 radical (unpaired) electrons. The van der Waals surface area contributed by atoms with Gasteiger partial charge in [-0.15, -0.1) is 0 Å². The van der Waals surface area contributed by atoms with Crippen LogP contribution in [-0.2, 0) is 9.47 Å². The Kier molecular flexibility index (Phi) is 3.42. The Hall–Kier alpha value is -0.120. The van der Waals surface area contributed by atoms with E-state index < -0.39 is 0 Å². The first-order valence-corrected chi connectivity index (χ1v) is 5.69. The van der Waals surface area contributed by atoms with E-state index in [9.17, 15) is 0 Å². The smallest absolute Gasteiger partial charge is 0.0756 e. The molecule has 0 amide bonds. The third-order valence-electron chi connectivity index (χ3n) is 3.29. The maximum absolute atomic E-state index is 5.75. The Morgan fingerprint density at radius 2 is 2.21 bits per heavy atom. The SMILES string of the molecule is COC(C)CNC1CCOC1C1CC1. The predicted octanol–water partition coefficient (Wildman–Crippen LogP) is 1.18. The van der Waals surface area contributed by atoms with Crippen LogP contribution in [0.4, 0.5) is 0 Å². The van der Waals surface area contributed by atoms with Gasteiger partial charge in [-0.2, -0.15) is 0 Å². The highest BCUT2D eigenvalue weighted by atomic mass is 16.5. The zero-order valence-electron chi connectivity index (χ0n) is 9.16. The average molecular weight is 199 g/mol. The summed E-state index contributed by atoms with van der Waals surface area (Å²) in [6.07, 6.45) is 4.68. The van der Waals surface area contributed by atoms with Crippen molar-refractivity contribution in [2.24, 2.45) is 5.92 Å². The fraction of sp³-hybridized carbons (Fsp3) is 1.00. The van der Waals surface area contributed by atoms with Crippen LogP contribution >= 0.6 is 0 Å². The van der Waals surface area contributed by atoms with E-state index in [1.165, 1.54) is 12.8 Å². The van der Waals surface area contributed by atoms with Crippen molar-refractivity contribution in [2.45, 2.75) is 44.4 Å². The molecule has 0 bridgehead atoms. The Morgan fingerprint density at radius 1 is 1.43 bits per heavy atom. The fourth-order valence-electron chi connectivity index (χ4n) is 2.12.